The molecular weight excluding hydrogens is 532 g/mol. The van der Waals surface area contributed by atoms with Crippen LogP contribution in [0.3, 0.4) is 0 Å². The number of hydrogen-bond donors (Lipinski definition) is 3. The van der Waals surface area contributed by atoms with E-state index < -0.39 is 6.10 Å². The van der Waals surface area contributed by atoms with Gasteiger partial charge in [-0.2, -0.15) is 0 Å². The van der Waals surface area contributed by atoms with Gasteiger partial charge in [-0.25, -0.2) is 0 Å². The smallest absolute Gasteiger partial charge is 0.115 e. The first-order chi connectivity index (χ1) is 20.9. The third-order valence-corrected chi connectivity index (χ3v) is 8.16. The molecule has 3 N–H and O–H groups in total. The zero-order valence-electron chi connectivity index (χ0n) is 25.8. The minimum absolute atomic E-state index is 0.0424. The highest BCUT2D eigenvalue weighted by Crippen LogP contribution is 2.29. The number of nitrogens with zero attached hydrogens (tertiary/aromatic N) is 1. The van der Waals surface area contributed by atoms with Gasteiger partial charge in [0.05, 0.1) is 12.2 Å². The van der Waals surface area contributed by atoms with E-state index >= 15 is 0 Å². The zero-order valence-corrected chi connectivity index (χ0v) is 25.8. The maximum atomic E-state index is 10.4. The number of benzene rings is 4. The summed E-state index contributed by atoms with van der Waals surface area (Å²) >= 11 is 0. The third kappa shape index (κ3) is 10.6. The van der Waals surface area contributed by atoms with E-state index in [0.717, 1.165) is 44.3 Å². The maximum absolute atomic E-state index is 10.4. The summed E-state index contributed by atoms with van der Waals surface area (Å²) in [6.07, 6.45) is 4.10. The van der Waals surface area contributed by atoms with Crippen LogP contribution in [0.15, 0.2) is 115 Å². The summed E-state index contributed by atoms with van der Waals surface area (Å²) in [5.41, 5.74) is 4.63. The molecule has 3 unspecified atom stereocenters. The lowest BCUT2D eigenvalue weighted by molar-refractivity contribution is -0.0234. The monoisotopic (exact) mass is 580 g/mol. The number of hydrogen-bond acceptors (Lipinski definition) is 5. The predicted molar refractivity (Wildman–Crippen MR) is 176 cm³/mol. The number of phenolic OH excluding ortho intramolecular Hbond substituents is 1. The van der Waals surface area contributed by atoms with Crippen LogP contribution in [-0.4, -0.2) is 53.4 Å². The Morgan fingerprint density at radius 3 is 1.79 bits per heavy atom. The summed E-state index contributed by atoms with van der Waals surface area (Å²) in [6.45, 7) is 6.38. The average molecular weight is 581 g/mol. The number of aromatic hydroxyl groups is 1. The Morgan fingerprint density at radius 1 is 0.744 bits per heavy atom. The molecule has 0 bridgehead atoms. The Bertz CT molecular complexity index is 1250. The molecule has 3 atom stereocenters. The van der Waals surface area contributed by atoms with E-state index in [1.807, 2.05) is 13.0 Å². The normalized spacial score (nSPS) is 16.2. The van der Waals surface area contributed by atoms with Crippen molar-refractivity contribution in [3.05, 3.63) is 138 Å². The summed E-state index contributed by atoms with van der Waals surface area (Å²) in [6, 6.07) is 38.5. The largest absolute Gasteiger partial charge is 0.508 e. The molecule has 1 fully saturated rings. The van der Waals surface area contributed by atoms with E-state index in [1.54, 1.807) is 24.3 Å². The van der Waals surface area contributed by atoms with Crippen molar-refractivity contribution < 1.29 is 14.9 Å². The Balaban J connectivity index is 0.000000197. The fourth-order valence-corrected chi connectivity index (χ4v) is 5.53. The third-order valence-electron chi connectivity index (χ3n) is 8.16. The van der Waals surface area contributed by atoms with Gasteiger partial charge in [0.1, 0.15) is 11.9 Å². The molecule has 0 aromatic heterocycles. The van der Waals surface area contributed by atoms with Crippen molar-refractivity contribution in [1.82, 2.24) is 10.2 Å². The molecule has 0 amide bonds. The van der Waals surface area contributed by atoms with Crippen molar-refractivity contribution in [1.29, 1.82) is 0 Å². The molecule has 1 aliphatic rings. The van der Waals surface area contributed by atoms with Gasteiger partial charge in [-0.05, 0) is 81.0 Å². The summed E-state index contributed by atoms with van der Waals surface area (Å²) in [4.78, 5) is 2.37. The van der Waals surface area contributed by atoms with Gasteiger partial charge in [-0.15, -0.1) is 0 Å². The summed E-state index contributed by atoms with van der Waals surface area (Å²) < 4.78 is 6.49. The zero-order chi connectivity index (χ0) is 30.4. The second-order valence-electron chi connectivity index (χ2n) is 11.8. The van der Waals surface area contributed by atoms with Crippen LogP contribution in [0.25, 0.3) is 0 Å². The lowest BCUT2D eigenvalue weighted by atomic mass is 10.00. The number of rotatable bonds is 11. The molecule has 43 heavy (non-hydrogen) atoms. The first kappa shape index (κ1) is 32.4. The quantitative estimate of drug-likeness (QED) is 0.174. The molecule has 0 saturated carbocycles. The molecule has 5 rings (SSSR count). The molecule has 4 aromatic carbocycles. The Morgan fingerprint density at radius 2 is 1.26 bits per heavy atom. The number of likely N-dealkylation sites (tertiary alicyclic amines) is 1. The van der Waals surface area contributed by atoms with Crippen LogP contribution in [0.2, 0.25) is 0 Å². The van der Waals surface area contributed by atoms with E-state index in [1.165, 1.54) is 16.7 Å². The van der Waals surface area contributed by atoms with Gasteiger partial charge in [0.2, 0.25) is 0 Å². The van der Waals surface area contributed by atoms with Gasteiger partial charge in [-0.3, -0.25) is 0 Å². The number of piperidine rings is 1. The molecule has 0 aliphatic carbocycles. The molecule has 4 aromatic rings. The van der Waals surface area contributed by atoms with E-state index in [9.17, 15) is 10.2 Å². The molecule has 1 aliphatic heterocycles. The Labute approximate surface area is 258 Å². The van der Waals surface area contributed by atoms with Crippen LogP contribution >= 0.6 is 0 Å². The van der Waals surface area contributed by atoms with E-state index in [4.69, 9.17) is 4.74 Å². The van der Waals surface area contributed by atoms with Crippen LogP contribution in [-0.2, 0) is 11.2 Å². The van der Waals surface area contributed by atoms with Gasteiger partial charge in [0.25, 0.3) is 0 Å². The average Bonchev–Trinajstić information content (AvgIpc) is 3.05. The fourth-order valence-electron chi connectivity index (χ4n) is 5.53. The topological polar surface area (TPSA) is 65.0 Å². The molecule has 5 heteroatoms. The molecule has 0 spiro atoms. The molecule has 1 saturated heterocycles. The summed E-state index contributed by atoms with van der Waals surface area (Å²) in [5.74, 6) is 0.216. The molecule has 1 heterocycles. The highest BCUT2D eigenvalue weighted by atomic mass is 16.5. The van der Waals surface area contributed by atoms with Crippen molar-refractivity contribution in [2.45, 2.75) is 69.9 Å². The number of aryl methyl sites for hydroxylation is 1. The van der Waals surface area contributed by atoms with Crippen molar-refractivity contribution >= 4 is 0 Å². The molecular formula is C38H48N2O3. The van der Waals surface area contributed by atoms with Crippen LogP contribution in [0.5, 0.6) is 5.75 Å². The number of nitrogens with one attached hydrogen (secondary N) is 1. The number of phenols is 1. The van der Waals surface area contributed by atoms with Crippen molar-refractivity contribution in [3.8, 4) is 5.75 Å². The second-order valence-corrected chi connectivity index (χ2v) is 11.8. The van der Waals surface area contributed by atoms with Crippen LogP contribution < -0.4 is 5.32 Å². The minimum Gasteiger partial charge on any atom is -0.508 e. The fraction of sp³-hybridized carbons (Fsp3) is 0.368. The van der Waals surface area contributed by atoms with E-state index in [-0.39, 0.29) is 17.9 Å². The first-order valence-electron chi connectivity index (χ1n) is 15.6. The van der Waals surface area contributed by atoms with Crippen LogP contribution in [0.4, 0.5) is 0 Å². The van der Waals surface area contributed by atoms with Crippen LogP contribution in [0, 0.1) is 0 Å². The molecule has 228 valence electrons. The summed E-state index contributed by atoms with van der Waals surface area (Å²) in [7, 11) is 2.18. The van der Waals surface area contributed by atoms with Gasteiger partial charge in [0, 0.05) is 25.2 Å². The minimum atomic E-state index is -0.584. The lowest BCUT2D eigenvalue weighted by Gasteiger charge is -2.32. The SMILES string of the molecule is CC(CCc1ccccc1)NC(C)C(O)c1ccc(O)cc1.CN1CCC(OC(c2ccccc2)c2ccccc2)CC1. The van der Waals surface area contributed by atoms with Crippen molar-refractivity contribution in [3.63, 3.8) is 0 Å². The Hall–Kier alpha value is -3.48. The van der Waals surface area contributed by atoms with Gasteiger partial charge in [0.15, 0.2) is 0 Å². The summed E-state index contributed by atoms with van der Waals surface area (Å²) in [5, 5.41) is 23.1. The highest BCUT2D eigenvalue weighted by molar-refractivity contribution is 5.30. The van der Waals surface area contributed by atoms with Crippen LogP contribution in [0.1, 0.15) is 67.6 Å². The number of ether oxygens (including phenoxy) is 1. The van der Waals surface area contributed by atoms with Gasteiger partial charge in [-0.1, -0.05) is 103 Å². The Kier molecular flexibility index (Phi) is 12.8. The highest BCUT2D eigenvalue weighted by Gasteiger charge is 2.23. The van der Waals surface area contributed by atoms with Crippen molar-refractivity contribution in [2.24, 2.45) is 0 Å². The van der Waals surface area contributed by atoms with E-state index in [2.05, 4.69) is 109 Å². The number of aliphatic hydroxyl groups excluding tert-OH is 1. The predicted octanol–water partition coefficient (Wildman–Crippen LogP) is 7.31. The lowest BCUT2D eigenvalue weighted by Crippen LogP contribution is -2.38. The standard InChI is InChI=1S/C19H25NO2.C19H23NO/c1-14(8-9-16-6-4-3-5-7-16)20-15(2)19(22)17-10-12-18(21)13-11-17;1-20-14-12-18(13-15-20)21-19(16-8-4-2-5-9-16)17-10-6-3-7-11-17/h3-7,10-15,19-22H,8-9H2,1-2H3;2-11,18-19H,12-15H2,1H3. The molecule has 5 nitrogen and oxygen atoms in total. The van der Waals surface area contributed by atoms with Gasteiger partial charge >= 0.3 is 0 Å². The maximum Gasteiger partial charge on any atom is 0.115 e. The first-order valence-corrected chi connectivity index (χ1v) is 15.6. The second kappa shape index (κ2) is 17.0. The van der Waals surface area contributed by atoms with Crippen molar-refractivity contribution in [2.75, 3.05) is 20.1 Å². The number of aliphatic hydroxyl groups is 1. The molecule has 0 radical (unpaired) electrons. The van der Waals surface area contributed by atoms with Gasteiger partial charge < -0.3 is 25.2 Å². The van der Waals surface area contributed by atoms with E-state index in [0.29, 0.717) is 12.1 Å².